The standard InChI is InChI=1S/C22H25FN2O2/c23-20-9-7-19(8-10-20)15-24-13-4-11-22(12-14-24)17-25(21(26)27-22)16-18-5-2-1-3-6-18/h1-3,5-10H,4,11-17H2. The van der Waals surface area contributed by atoms with E-state index < -0.39 is 0 Å². The van der Waals surface area contributed by atoms with Crippen molar-refractivity contribution in [3.05, 3.63) is 71.5 Å². The van der Waals surface area contributed by atoms with Crippen molar-refractivity contribution in [2.75, 3.05) is 19.6 Å². The van der Waals surface area contributed by atoms with Crippen LogP contribution in [0.25, 0.3) is 0 Å². The summed E-state index contributed by atoms with van der Waals surface area (Å²) >= 11 is 0. The van der Waals surface area contributed by atoms with Gasteiger partial charge in [0.1, 0.15) is 11.4 Å². The Kier molecular flexibility index (Phi) is 5.12. The number of likely N-dealkylation sites (tertiary alicyclic amines) is 1. The molecule has 2 aromatic rings. The van der Waals surface area contributed by atoms with Crippen molar-refractivity contribution in [3.8, 4) is 0 Å². The fraction of sp³-hybridized carbons (Fsp3) is 0.409. The number of hydrogen-bond acceptors (Lipinski definition) is 3. The average Bonchev–Trinajstić information content (AvgIpc) is 2.84. The summed E-state index contributed by atoms with van der Waals surface area (Å²) in [6, 6.07) is 16.7. The minimum atomic E-state index is -0.372. The van der Waals surface area contributed by atoms with E-state index in [9.17, 15) is 9.18 Å². The molecule has 2 aliphatic rings. The van der Waals surface area contributed by atoms with Crippen molar-refractivity contribution in [1.82, 2.24) is 9.80 Å². The fourth-order valence-electron chi connectivity index (χ4n) is 4.11. The van der Waals surface area contributed by atoms with Crippen molar-refractivity contribution in [2.45, 2.75) is 38.0 Å². The molecule has 2 heterocycles. The third-order valence-electron chi connectivity index (χ3n) is 5.57. The first-order valence-electron chi connectivity index (χ1n) is 9.61. The molecular weight excluding hydrogens is 343 g/mol. The van der Waals surface area contributed by atoms with Gasteiger partial charge in [-0.05, 0) is 42.6 Å². The molecule has 0 saturated carbocycles. The molecule has 0 aromatic heterocycles. The van der Waals surface area contributed by atoms with Gasteiger partial charge in [-0.15, -0.1) is 0 Å². The predicted octanol–water partition coefficient (Wildman–Crippen LogP) is 4.20. The molecule has 0 radical (unpaired) electrons. The van der Waals surface area contributed by atoms with Crippen LogP contribution in [0.3, 0.4) is 0 Å². The molecule has 4 rings (SSSR count). The largest absolute Gasteiger partial charge is 0.441 e. The molecule has 142 valence electrons. The number of carbonyl (C=O) groups excluding carboxylic acids is 1. The van der Waals surface area contributed by atoms with Crippen LogP contribution < -0.4 is 0 Å². The second-order valence-corrected chi connectivity index (χ2v) is 7.65. The zero-order valence-corrected chi connectivity index (χ0v) is 15.4. The lowest BCUT2D eigenvalue weighted by atomic mass is 9.95. The molecule has 2 saturated heterocycles. The van der Waals surface area contributed by atoms with Gasteiger partial charge >= 0.3 is 6.09 Å². The second-order valence-electron chi connectivity index (χ2n) is 7.65. The van der Waals surface area contributed by atoms with E-state index in [1.807, 2.05) is 47.4 Å². The number of ether oxygens (including phenoxy) is 1. The zero-order valence-electron chi connectivity index (χ0n) is 15.4. The van der Waals surface area contributed by atoms with Crippen LogP contribution in [0.5, 0.6) is 0 Å². The SMILES string of the molecule is O=C1OC2(CCCN(Cc3ccc(F)cc3)CC2)CN1Cc1ccccc1. The van der Waals surface area contributed by atoms with E-state index in [1.54, 1.807) is 0 Å². The number of rotatable bonds is 4. The van der Waals surface area contributed by atoms with Gasteiger partial charge in [-0.3, -0.25) is 9.80 Å². The van der Waals surface area contributed by atoms with Crippen molar-refractivity contribution in [2.24, 2.45) is 0 Å². The van der Waals surface area contributed by atoms with Gasteiger partial charge in [0.05, 0.1) is 6.54 Å². The Morgan fingerprint density at radius 3 is 2.44 bits per heavy atom. The maximum absolute atomic E-state index is 13.1. The van der Waals surface area contributed by atoms with Crippen LogP contribution in [0, 0.1) is 5.82 Å². The summed E-state index contributed by atoms with van der Waals surface area (Å²) in [6.07, 6.45) is 2.52. The average molecular weight is 368 g/mol. The minimum Gasteiger partial charge on any atom is -0.441 e. The van der Waals surface area contributed by atoms with E-state index in [4.69, 9.17) is 4.74 Å². The van der Waals surface area contributed by atoms with E-state index in [0.29, 0.717) is 13.1 Å². The Bertz CT molecular complexity index is 781. The van der Waals surface area contributed by atoms with Crippen LogP contribution in [-0.4, -0.2) is 41.1 Å². The van der Waals surface area contributed by atoms with Gasteiger partial charge in [-0.2, -0.15) is 0 Å². The Hall–Kier alpha value is -2.40. The highest BCUT2D eigenvalue weighted by molar-refractivity contribution is 5.70. The summed E-state index contributed by atoms with van der Waals surface area (Å²) in [5.41, 5.74) is 1.86. The molecule has 1 atom stereocenters. The molecule has 1 unspecified atom stereocenters. The number of halogens is 1. The van der Waals surface area contributed by atoms with E-state index in [2.05, 4.69) is 4.90 Å². The number of carbonyl (C=O) groups is 1. The molecule has 27 heavy (non-hydrogen) atoms. The van der Waals surface area contributed by atoms with E-state index in [0.717, 1.165) is 50.0 Å². The van der Waals surface area contributed by atoms with Gasteiger partial charge in [0.15, 0.2) is 0 Å². The number of hydrogen-bond donors (Lipinski definition) is 0. The van der Waals surface area contributed by atoms with Crippen molar-refractivity contribution < 1.29 is 13.9 Å². The number of benzene rings is 2. The van der Waals surface area contributed by atoms with Crippen molar-refractivity contribution in [1.29, 1.82) is 0 Å². The monoisotopic (exact) mass is 368 g/mol. The highest BCUT2D eigenvalue weighted by atomic mass is 19.1. The first-order chi connectivity index (χ1) is 13.1. The van der Waals surface area contributed by atoms with Crippen LogP contribution in [-0.2, 0) is 17.8 Å². The fourth-order valence-corrected chi connectivity index (χ4v) is 4.11. The number of nitrogens with zero attached hydrogens (tertiary/aromatic N) is 2. The summed E-state index contributed by atoms with van der Waals surface area (Å²) in [5.74, 6) is -0.204. The summed E-state index contributed by atoms with van der Waals surface area (Å²) in [4.78, 5) is 16.6. The predicted molar refractivity (Wildman–Crippen MR) is 102 cm³/mol. The topological polar surface area (TPSA) is 32.8 Å². The maximum Gasteiger partial charge on any atom is 0.410 e. The van der Waals surface area contributed by atoms with Crippen molar-refractivity contribution >= 4 is 6.09 Å². The molecule has 1 amide bonds. The molecule has 0 bridgehead atoms. The molecule has 1 spiro atoms. The van der Waals surface area contributed by atoms with Crippen molar-refractivity contribution in [3.63, 3.8) is 0 Å². The normalized spacial score (nSPS) is 23.4. The van der Waals surface area contributed by atoms with Gasteiger partial charge in [0, 0.05) is 26.1 Å². The smallest absolute Gasteiger partial charge is 0.410 e. The third-order valence-corrected chi connectivity index (χ3v) is 5.57. The molecule has 2 aliphatic heterocycles. The third kappa shape index (κ3) is 4.30. The Morgan fingerprint density at radius 1 is 0.926 bits per heavy atom. The summed E-state index contributed by atoms with van der Waals surface area (Å²) in [7, 11) is 0. The van der Waals surface area contributed by atoms with Gasteiger partial charge in [0.25, 0.3) is 0 Å². The molecule has 4 nitrogen and oxygen atoms in total. The summed E-state index contributed by atoms with van der Waals surface area (Å²) in [5, 5.41) is 0. The molecule has 2 aromatic carbocycles. The lowest BCUT2D eigenvalue weighted by molar-refractivity contribution is 0.0443. The maximum atomic E-state index is 13.1. The summed E-state index contributed by atoms with van der Waals surface area (Å²) in [6.45, 7) is 3.91. The van der Waals surface area contributed by atoms with Gasteiger partial charge < -0.3 is 4.74 Å². The summed E-state index contributed by atoms with van der Waals surface area (Å²) < 4.78 is 19.0. The Morgan fingerprint density at radius 2 is 1.67 bits per heavy atom. The molecule has 0 aliphatic carbocycles. The molecule has 5 heteroatoms. The van der Waals surface area contributed by atoms with Gasteiger partial charge in [0.2, 0.25) is 0 Å². The lowest BCUT2D eigenvalue weighted by Crippen LogP contribution is -2.35. The second kappa shape index (κ2) is 7.69. The van der Waals surface area contributed by atoms with Crippen LogP contribution in [0.2, 0.25) is 0 Å². The molecule has 0 N–H and O–H groups in total. The van der Waals surface area contributed by atoms with Gasteiger partial charge in [-0.1, -0.05) is 42.5 Å². The Balaban J connectivity index is 1.37. The molecule has 2 fully saturated rings. The minimum absolute atomic E-state index is 0.203. The number of amides is 1. The zero-order chi connectivity index (χ0) is 18.7. The van der Waals surface area contributed by atoms with Crippen LogP contribution in [0.4, 0.5) is 9.18 Å². The van der Waals surface area contributed by atoms with E-state index in [-0.39, 0.29) is 17.5 Å². The van der Waals surface area contributed by atoms with Crippen LogP contribution in [0.1, 0.15) is 30.4 Å². The molecular formula is C22H25FN2O2. The van der Waals surface area contributed by atoms with Crippen LogP contribution in [0.15, 0.2) is 54.6 Å². The van der Waals surface area contributed by atoms with Gasteiger partial charge in [-0.25, -0.2) is 9.18 Å². The van der Waals surface area contributed by atoms with Crippen LogP contribution >= 0.6 is 0 Å². The van der Waals surface area contributed by atoms with E-state index >= 15 is 0 Å². The van der Waals surface area contributed by atoms with E-state index in [1.165, 1.54) is 12.1 Å². The highest BCUT2D eigenvalue weighted by Crippen LogP contribution is 2.34. The lowest BCUT2D eigenvalue weighted by Gasteiger charge is -2.25. The quantitative estimate of drug-likeness (QED) is 0.811. The highest BCUT2D eigenvalue weighted by Gasteiger charge is 2.45. The first kappa shape index (κ1) is 18.0. The Labute approximate surface area is 159 Å². The first-order valence-corrected chi connectivity index (χ1v) is 9.61.